The molecule has 0 heterocycles. The summed E-state index contributed by atoms with van der Waals surface area (Å²) in [6, 6.07) is 0. The van der Waals surface area contributed by atoms with Crippen molar-refractivity contribution >= 4 is 5.97 Å². The van der Waals surface area contributed by atoms with Gasteiger partial charge in [-0.3, -0.25) is 4.79 Å². The lowest BCUT2D eigenvalue weighted by Crippen LogP contribution is -2.12. The number of carboxylic acids is 1. The molecule has 2 unspecified atom stereocenters. The maximum atomic E-state index is 10.3. The molecule has 0 saturated carbocycles. The molecule has 0 spiro atoms. The van der Waals surface area contributed by atoms with Crippen LogP contribution >= 0.6 is 0 Å². The Morgan fingerprint density at radius 2 is 2.12 bits per heavy atom. The smallest absolute Gasteiger partial charge is 0.303 e. The second-order valence-electron chi connectivity index (χ2n) is 4.60. The molecular formula is C14H22O3. The lowest BCUT2D eigenvalue weighted by atomic mass is 10.0. The van der Waals surface area contributed by atoms with Gasteiger partial charge in [0, 0.05) is 12.3 Å². The van der Waals surface area contributed by atoms with Gasteiger partial charge < -0.3 is 10.2 Å². The fraction of sp³-hybridized carbons (Fsp3) is 0.643. The van der Waals surface area contributed by atoms with Crippen molar-refractivity contribution < 1.29 is 15.0 Å². The van der Waals surface area contributed by atoms with Gasteiger partial charge in [0.05, 0.1) is 6.10 Å². The highest BCUT2D eigenvalue weighted by Gasteiger charge is 2.17. The van der Waals surface area contributed by atoms with E-state index in [2.05, 4.69) is 18.2 Å². The second kappa shape index (κ2) is 8.07. The second-order valence-corrected chi connectivity index (χ2v) is 4.60. The third-order valence-electron chi connectivity index (χ3n) is 3.09. The molecule has 17 heavy (non-hydrogen) atoms. The molecule has 0 bridgehead atoms. The van der Waals surface area contributed by atoms with Crippen LogP contribution in [0.5, 0.6) is 0 Å². The van der Waals surface area contributed by atoms with Crippen LogP contribution in [0, 0.1) is 5.92 Å². The molecule has 0 fully saturated rings. The summed E-state index contributed by atoms with van der Waals surface area (Å²) in [5.41, 5.74) is 0. The molecular weight excluding hydrogens is 216 g/mol. The van der Waals surface area contributed by atoms with Crippen molar-refractivity contribution in [3.8, 4) is 0 Å². The van der Waals surface area contributed by atoms with Gasteiger partial charge in [-0.25, -0.2) is 0 Å². The Morgan fingerprint density at radius 3 is 2.76 bits per heavy atom. The van der Waals surface area contributed by atoms with Gasteiger partial charge in [-0.15, -0.1) is 0 Å². The van der Waals surface area contributed by atoms with E-state index in [0.717, 1.165) is 38.5 Å². The highest BCUT2D eigenvalue weighted by molar-refractivity contribution is 5.66. The summed E-state index contributed by atoms with van der Waals surface area (Å²) < 4.78 is 0. The number of rotatable bonds is 8. The van der Waals surface area contributed by atoms with Crippen molar-refractivity contribution in [2.75, 3.05) is 0 Å². The highest BCUT2D eigenvalue weighted by Crippen LogP contribution is 2.21. The van der Waals surface area contributed by atoms with E-state index in [0.29, 0.717) is 5.92 Å². The average molecular weight is 238 g/mol. The Kier molecular flexibility index (Phi) is 6.63. The monoisotopic (exact) mass is 238 g/mol. The largest absolute Gasteiger partial charge is 0.481 e. The van der Waals surface area contributed by atoms with Crippen LogP contribution in [-0.4, -0.2) is 22.3 Å². The molecule has 96 valence electrons. The predicted octanol–water partition coefficient (Wildman–Crippen LogP) is 2.90. The van der Waals surface area contributed by atoms with Gasteiger partial charge in [0.15, 0.2) is 0 Å². The molecule has 1 aliphatic carbocycles. The minimum Gasteiger partial charge on any atom is -0.481 e. The fourth-order valence-electron chi connectivity index (χ4n) is 2.02. The molecule has 2 N–H and O–H groups in total. The van der Waals surface area contributed by atoms with Crippen LogP contribution in [0.25, 0.3) is 0 Å². The molecule has 2 atom stereocenters. The van der Waals surface area contributed by atoms with Gasteiger partial charge in [-0.2, -0.15) is 0 Å². The number of allylic oxidation sites excluding steroid dienone is 2. The number of carbonyl (C=O) groups is 1. The number of hydrogen-bond donors (Lipinski definition) is 2. The molecule has 0 aromatic rings. The lowest BCUT2D eigenvalue weighted by Gasteiger charge is -2.10. The van der Waals surface area contributed by atoms with E-state index in [-0.39, 0.29) is 12.5 Å². The first-order valence-electron chi connectivity index (χ1n) is 6.41. The van der Waals surface area contributed by atoms with Crippen molar-refractivity contribution in [3.63, 3.8) is 0 Å². The number of aliphatic hydroxyl groups excluding tert-OH is 1. The Hall–Kier alpha value is -1.09. The van der Waals surface area contributed by atoms with Crippen molar-refractivity contribution in [3.05, 3.63) is 24.3 Å². The van der Waals surface area contributed by atoms with E-state index in [1.165, 1.54) is 0 Å². The summed E-state index contributed by atoms with van der Waals surface area (Å²) in [6.07, 6.45) is 14.0. The zero-order chi connectivity index (χ0) is 12.5. The Bertz CT molecular complexity index is 281. The number of aliphatic hydroxyl groups is 1. The fourth-order valence-corrected chi connectivity index (χ4v) is 2.02. The van der Waals surface area contributed by atoms with E-state index in [1.807, 2.05) is 6.08 Å². The van der Waals surface area contributed by atoms with E-state index >= 15 is 0 Å². The first kappa shape index (κ1) is 14.0. The topological polar surface area (TPSA) is 57.5 Å². The summed E-state index contributed by atoms with van der Waals surface area (Å²) in [5.74, 6) is -0.416. The Labute approximate surface area is 103 Å². The number of hydrogen-bond acceptors (Lipinski definition) is 2. The summed E-state index contributed by atoms with van der Waals surface area (Å²) in [4.78, 5) is 10.3. The van der Waals surface area contributed by atoms with Crippen molar-refractivity contribution in [1.82, 2.24) is 0 Å². The van der Waals surface area contributed by atoms with Gasteiger partial charge in [-0.1, -0.05) is 30.7 Å². The molecule has 3 nitrogen and oxygen atoms in total. The van der Waals surface area contributed by atoms with Crippen LogP contribution in [-0.2, 0) is 4.79 Å². The van der Waals surface area contributed by atoms with Gasteiger partial charge in [-0.05, 0) is 32.1 Å². The SMILES string of the molecule is O=C(O)CCCCC/C=C\CC1C=CCC1O. The number of aliphatic carboxylic acids is 1. The first-order chi connectivity index (χ1) is 8.20. The number of unbranched alkanes of at least 4 members (excludes halogenated alkanes) is 3. The third-order valence-corrected chi connectivity index (χ3v) is 3.09. The molecule has 1 rings (SSSR count). The van der Waals surface area contributed by atoms with Crippen LogP contribution in [0.3, 0.4) is 0 Å². The summed E-state index contributed by atoms with van der Waals surface area (Å²) in [5, 5.41) is 18.0. The van der Waals surface area contributed by atoms with Crippen molar-refractivity contribution in [2.24, 2.45) is 5.92 Å². The Morgan fingerprint density at radius 1 is 1.29 bits per heavy atom. The predicted molar refractivity (Wildman–Crippen MR) is 67.7 cm³/mol. The minimum atomic E-state index is -0.706. The highest BCUT2D eigenvalue weighted by atomic mass is 16.4. The van der Waals surface area contributed by atoms with E-state index in [4.69, 9.17) is 5.11 Å². The van der Waals surface area contributed by atoms with Gasteiger partial charge in [0.2, 0.25) is 0 Å². The van der Waals surface area contributed by atoms with Crippen LogP contribution in [0.1, 0.15) is 44.9 Å². The van der Waals surface area contributed by atoms with E-state index in [1.54, 1.807) is 0 Å². The average Bonchev–Trinajstić information content (AvgIpc) is 2.68. The first-order valence-corrected chi connectivity index (χ1v) is 6.41. The molecule has 0 radical (unpaired) electrons. The summed E-state index contributed by atoms with van der Waals surface area (Å²) in [6.45, 7) is 0. The molecule has 0 saturated heterocycles. The minimum absolute atomic E-state index is 0.199. The van der Waals surface area contributed by atoms with Gasteiger partial charge in [0.25, 0.3) is 0 Å². The standard InChI is InChI=1S/C14H22O3/c15-13-10-7-9-12(13)8-5-3-1-2-4-6-11-14(16)17/h3,5,7,9,12-13,15H,1-2,4,6,8,10-11H2,(H,16,17)/b5-3-. The number of carboxylic acid groups (broad SMARTS) is 1. The van der Waals surface area contributed by atoms with E-state index in [9.17, 15) is 9.90 Å². The maximum Gasteiger partial charge on any atom is 0.303 e. The summed E-state index contributed by atoms with van der Waals surface area (Å²) >= 11 is 0. The quantitative estimate of drug-likeness (QED) is 0.505. The van der Waals surface area contributed by atoms with Crippen LogP contribution in [0.15, 0.2) is 24.3 Å². The maximum absolute atomic E-state index is 10.3. The molecule has 0 aromatic heterocycles. The lowest BCUT2D eigenvalue weighted by molar-refractivity contribution is -0.137. The van der Waals surface area contributed by atoms with Crippen LogP contribution < -0.4 is 0 Å². The third kappa shape index (κ3) is 6.27. The van der Waals surface area contributed by atoms with Crippen molar-refractivity contribution in [1.29, 1.82) is 0 Å². The molecule has 0 amide bonds. The molecule has 0 aromatic carbocycles. The van der Waals surface area contributed by atoms with Crippen LogP contribution in [0.4, 0.5) is 0 Å². The molecule has 3 heteroatoms. The molecule has 1 aliphatic rings. The zero-order valence-electron chi connectivity index (χ0n) is 10.2. The summed E-state index contributed by atoms with van der Waals surface area (Å²) in [7, 11) is 0. The normalized spacial score (nSPS) is 23.6. The Balaban J connectivity index is 1.95. The van der Waals surface area contributed by atoms with Gasteiger partial charge in [0.1, 0.15) is 0 Å². The van der Waals surface area contributed by atoms with Crippen LogP contribution in [0.2, 0.25) is 0 Å². The van der Waals surface area contributed by atoms with Crippen molar-refractivity contribution in [2.45, 2.75) is 51.0 Å². The van der Waals surface area contributed by atoms with E-state index < -0.39 is 5.97 Å². The zero-order valence-corrected chi connectivity index (χ0v) is 10.2. The van der Waals surface area contributed by atoms with Gasteiger partial charge >= 0.3 is 5.97 Å². The molecule has 0 aliphatic heterocycles.